The summed E-state index contributed by atoms with van der Waals surface area (Å²) >= 11 is 0. The number of nitrogens with zero attached hydrogens (tertiary/aromatic N) is 2. The van der Waals surface area contributed by atoms with Crippen molar-refractivity contribution in [3.63, 3.8) is 0 Å². The van der Waals surface area contributed by atoms with E-state index in [1.54, 1.807) is 10.7 Å². The highest BCUT2D eigenvalue weighted by Crippen LogP contribution is 2.28. The number of benzene rings is 2. The normalized spacial score (nSPS) is 11.0. The van der Waals surface area contributed by atoms with Gasteiger partial charge in [-0.15, -0.1) is 0 Å². The van der Waals surface area contributed by atoms with Crippen LogP contribution >= 0.6 is 0 Å². The molecule has 0 atom stereocenters. The average Bonchev–Trinajstić information content (AvgIpc) is 3.14. The first-order chi connectivity index (χ1) is 13.7. The molecule has 1 heterocycles. The summed E-state index contributed by atoms with van der Waals surface area (Å²) in [5.41, 5.74) is 3.25. The fourth-order valence-electron chi connectivity index (χ4n) is 2.89. The highest BCUT2D eigenvalue weighted by atomic mass is 19.1. The van der Waals surface area contributed by atoms with Gasteiger partial charge in [0.1, 0.15) is 0 Å². The van der Waals surface area contributed by atoms with E-state index in [-0.39, 0.29) is 12.4 Å². The van der Waals surface area contributed by atoms with E-state index in [1.807, 2.05) is 42.6 Å². The highest BCUT2D eigenvalue weighted by molar-refractivity contribution is 5.64. The molecule has 2 N–H and O–H groups in total. The van der Waals surface area contributed by atoms with Crippen molar-refractivity contribution in [2.45, 2.75) is 26.3 Å². The predicted octanol–water partition coefficient (Wildman–Crippen LogP) is 3.94. The van der Waals surface area contributed by atoms with Gasteiger partial charge in [-0.1, -0.05) is 31.5 Å². The van der Waals surface area contributed by atoms with Crippen LogP contribution in [0.3, 0.4) is 0 Å². The van der Waals surface area contributed by atoms with Crippen molar-refractivity contribution in [3.8, 4) is 22.7 Å². The van der Waals surface area contributed by atoms with Crippen LogP contribution in [0.25, 0.3) is 16.9 Å². The maximum atomic E-state index is 14.5. The number of hydrogen-bond acceptors (Lipinski definition) is 4. The monoisotopic (exact) mass is 383 g/mol. The lowest BCUT2D eigenvalue weighted by Gasteiger charge is -2.08. The second kappa shape index (κ2) is 10.0. The summed E-state index contributed by atoms with van der Waals surface area (Å²) in [6.45, 7) is 3.64. The molecule has 0 aliphatic heterocycles. The molecule has 3 rings (SSSR count). The first kappa shape index (κ1) is 20.0. The molecule has 148 valence electrons. The number of rotatable bonds is 10. The topological polar surface area (TPSA) is 59.3 Å². The molecule has 0 bridgehead atoms. The second-order valence-corrected chi connectivity index (χ2v) is 6.53. The number of unbranched alkanes of at least 4 members (excludes halogenated alkanes) is 1. The molecule has 0 fully saturated rings. The minimum Gasteiger partial charge on any atom is -0.491 e. The number of hydrogen-bond donors (Lipinski definition) is 2. The first-order valence-corrected chi connectivity index (χ1v) is 9.61. The van der Waals surface area contributed by atoms with Crippen LogP contribution in [0.1, 0.15) is 25.3 Å². The van der Waals surface area contributed by atoms with Gasteiger partial charge in [0.25, 0.3) is 0 Å². The van der Waals surface area contributed by atoms with Gasteiger partial charge in [0.2, 0.25) is 0 Å². The third kappa shape index (κ3) is 4.97. The van der Waals surface area contributed by atoms with Crippen LogP contribution in [0.15, 0.2) is 54.7 Å². The summed E-state index contributed by atoms with van der Waals surface area (Å²) in [6.07, 6.45) is 3.82. The molecule has 0 aliphatic carbocycles. The van der Waals surface area contributed by atoms with Gasteiger partial charge in [-0.25, -0.2) is 9.07 Å². The molecule has 1 aromatic heterocycles. The molecule has 6 heteroatoms. The van der Waals surface area contributed by atoms with Crippen molar-refractivity contribution in [2.75, 3.05) is 19.8 Å². The Morgan fingerprint density at radius 3 is 2.71 bits per heavy atom. The smallest absolute Gasteiger partial charge is 0.165 e. The summed E-state index contributed by atoms with van der Waals surface area (Å²) < 4.78 is 21.8. The summed E-state index contributed by atoms with van der Waals surface area (Å²) in [4.78, 5) is 0. The molecule has 0 saturated heterocycles. The number of ether oxygens (including phenoxy) is 1. The van der Waals surface area contributed by atoms with Gasteiger partial charge in [-0.3, -0.25) is 0 Å². The Morgan fingerprint density at radius 1 is 1.18 bits per heavy atom. The van der Waals surface area contributed by atoms with E-state index in [4.69, 9.17) is 9.84 Å². The molecule has 0 spiro atoms. The number of aromatic nitrogens is 2. The number of halogens is 1. The van der Waals surface area contributed by atoms with Crippen LogP contribution in [0, 0.1) is 5.82 Å². The Labute approximate surface area is 164 Å². The Bertz CT molecular complexity index is 881. The maximum Gasteiger partial charge on any atom is 0.165 e. The molecule has 0 amide bonds. The largest absolute Gasteiger partial charge is 0.491 e. The van der Waals surface area contributed by atoms with Crippen LogP contribution in [-0.2, 0) is 6.54 Å². The third-order valence-electron chi connectivity index (χ3n) is 4.38. The van der Waals surface area contributed by atoms with Gasteiger partial charge in [-0.2, -0.15) is 5.10 Å². The molecule has 0 aliphatic rings. The summed E-state index contributed by atoms with van der Waals surface area (Å²) in [6, 6.07) is 14.7. The van der Waals surface area contributed by atoms with Gasteiger partial charge < -0.3 is 15.2 Å². The van der Waals surface area contributed by atoms with E-state index in [0.717, 1.165) is 24.1 Å². The molecule has 0 unspecified atom stereocenters. The molecule has 28 heavy (non-hydrogen) atoms. The van der Waals surface area contributed by atoms with Crippen LogP contribution in [0.5, 0.6) is 5.75 Å². The maximum absolute atomic E-state index is 14.5. The minimum atomic E-state index is -0.392. The van der Waals surface area contributed by atoms with E-state index in [1.165, 1.54) is 6.07 Å². The lowest BCUT2D eigenvalue weighted by Crippen LogP contribution is -2.17. The van der Waals surface area contributed by atoms with Gasteiger partial charge >= 0.3 is 0 Å². The van der Waals surface area contributed by atoms with E-state index < -0.39 is 5.82 Å². The number of aliphatic hydroxyl groups is 1. The first-order valence-electron chi connectivity index (χ1n) is 9.61. The Balaban J connectivity index is 1.90. The Kier molecular flexibility index (Phi) is 7.17. The Morgan fingerprint density at radius 2 is 2.00 bits per heavy atom. The number of aliphatic hydroxyl groups excluding tert-OH is 1. The highest BCUT2D eigenvalue weighted by Gasteiger charge is 2.14. The zero-order valence-corrected chi connectivity index (χ0v) is 16.1. The van der Waals surface area contributed by atoms with E-state index in [2.05, 4.69) is 17.3 Å². The molecular weight excluding hydrogens is 357 g/mol. The molecule has 3 aromatic rings. The van der Waals surface area contributed by atoms with Crippen LogP contribution in [-0.4, -0.2) is 34.6 Å². The average molecular weight is 383 g/mol. The SMILES string of the molecule is CCCCOc1ccc(-c2nn(-c3ccccc3)cc2CNCCO)cc1F. The molecule has 0 saturated carbocycles. The molecule has 5 nitrogen and oxygen atoms in total. The second-order valence-electron chi connectivity index (χ2n) is 6.53. The van der Waals surface area contributed by atoms with E-state index >= 15 is 0 Å². The van der Waals surface area contributed by atoms with E-state index in [9.17, 15) is 4.39 Å². The molecule has 0 radical (unpaired) electrons. The fourth-order valence-corrected chi connectivity index (χ4v) is 2.89. The number of para-hydroxylation sites is 1. The van der Waals surface area contributed by atoms with Crippen molar-refractivity contribution in [1.82, 2.24) is 15.1 Å². The molecule has 2 aromatic carbocycles. The van der Waals surface area contributed by atoms with Crippen molar-refractivity contribution in [1.29, 1.82) is 0 Å². The zero-order chi connectivity index (χ0) is 19.8. The predicted molar refractivity (Wildman–Crippen MR) is 108 cm³/mol. The van der Waals surface area contributed by atoms with Crippen LogP contribution < -0.4 is 10.1 Å². The fraction of sp³-hybridized carbons (Fsp3) is 0.318. The summed E-state index contributed by atoms with van der Waals surface area (Å²) in [5, 5.41) is 16.9. The summed E-state index contributed by atoms with van der Waals surface area (Å²) in [7, 11) is 0. The molecular formula is C22H26FN3O2. The van der Waals surface area contributed by atoms with Crippen LogP contribution in [0.2, 0.25) is 0 Å². The van der Waals surface area contributed by atoms with Crippen LogP contribution in [0.4, 0.5) is 4.39 Å². The lowest BCUT2D eigenvalue weighted by molar-refractivity contribution is 0.292. The van der Waals surface area contributed by atoms with Crippen molar-refractivity contribution in [3.05, 3.63) is 66.1 Å². The number of nitrogens with one attached hydrogen (secondary N) is 1. The standard InChI is InChI=1S/C22H26FN3O2/c1-2-3-13-28-21-10-9-17(14-20(21)23)22-18(15-24-11-12-27)16-26(25-22)19-7-5-4-6-8-19/h4-10,14,16,24,27H,2-3,11-13,15H2,1H3. The third-order valence-corrected chi connectivity index (χ3v) is 4.38. The Hall–Kier alpha value is -2.70. The van der Waals surface area contributed by atoms with E-state index in [0.29, 0.717) is 31.0 Å². The minimum absolute atomic E-state index is 0.0561. The van der Waals surface area contributed by atoms with Gasteiger partial charge in [0.05, 0.1) is 24.6 Å². The van der Waals surface area contributed by atoms with Crippen molar-refractivity contribution < 1.29 is 14.2 Å². The van der Waals surface area contributed by atoms with Gasteiger partial charge in [-0.05, 0) is 36.8 Å². The van der Waals surface area contributed by atoms with Gasteiger partial charge in [0.15, 0.2) is 11.6 Å². The van der Waals surface area contributed by atoms with Crippen molar-refractivity contribution in [2.24, 2.45) is 0 Å². The van der Waals surface area contributed by atoms with Gasteiger partial charge in [0, 0.05) is 30.4 Å². The summed E-state index contributed by atoms with van der Waals surface area (Å²) in [5.74, 6) is -0.128. The lowest BCUT2D eigenvalue weighted by atomic mass is 10.1. The van der Waals surface area contributed by atoms with Crippen molar-refractivity contribution >= 4 is 0 Å². The zero-order valence-electron chi connectivity index (χ0n) is 16.1. The quantitative estimate of drug-likeness (QED) is 0.521.